The highest BCUT2D eigenvalue weighted by Gasteiger charge is 2.34. The molecular weight excluding hydrogens is 312 g/mol. The highest BCUT2D eigenvalue weighted by molar-refractivity contribution is 6.89. The lowest BCUT2D eigenvalue weighted by Gasteiger charge is -2.37. The number of aliphatic hydroxyl groups is 1. The lowest BCUT2D eigenvalue weighted by Crippen LogP contribution is -2.47. The normalized spacial score (nSPS) is 24.7. The third kappa shape index (κ3) is 4.35. The summed E-state index contributed by atoms with van der Waals surface area (Å²) in [5, 5.41) is 12.1. The van der Waals surface area contributed by atoms with Crippen LogP contribution in [-0.4, -0.2) is 32.0 Å². The van der Waals surface area contributed by atoms with Crippen molar-refractivity contribution in [2.45, 2.75) is 44.2 Å². The first-order valence-corrected chi connectivity index (χ1v) is 12.1. The number of hydrogen-bond acceptors (Lipinski definition) is 2. The summed E-state index contributed by atoms with van der Waals surface area (Å²) in [6, 6.07) is 22.3. The zero-order chi connectivity index (χ0) is 17.0. The maximum Gasteiger partial charge on any atom is 0.0831 e. The van der Waals surface area contributed by atoms with Crippen molar-refractivity contribution < 1.29 is 9.84 Å². The molecule has 1 fully saturated rings. The van der Waals surface area contributed by atoms with Crippen LogP contribution in [0.15, 0.2) is 60.7 Å². The van der Waals surface area contributed by atoms with Gasteiger partial charge >= 0.3 is 0 Å². The molecule has 0 bridgehead atoms. The molecule has 1 saturated heterocycles. The van der Waals surface area contributed by atoms with E-state index in [1.54, 1.807) is 0 Å². The first-order chi connectivity index (χ1) is 11.5. The Kier molecular flexibility index (Phi) is 5.54. The molecule has 2 nitrogen and oxygen atoms in total. The minimum absolute atomic E-state index is 0.189. The van der Waals surface area contributed by atoms with Gasteiger partial charge in [-0.1, -0.05) is 78.9 Å². The minimum atomic E-state index is -1.53. The van der Waals surface area contributed by atoms with E-state index in [1.165, 1.54) is 10.8 Å². The molecule has 0 aliphatic carbocycles. The molecule has 0 amide bonds. The van der Waals surface area contributed by atoms with E-state index in [0.717, 1.165) is 18.9 Å². The molecular formula is C21H28O2Si. The fourth-order valence-electron chi connectivity index (χ4n) is 3.73. The summed E-state index contributed by atoms with van der Waals surface area (Å²) in [6.45, 7) is 5.46. The molecule has 128 valence electrons. The van der Waals surface area contributed by atoms with Crippen LogP contribution in [0.5, 0.6) is 0 Å². The average Bonchev–Trinajstić information content (AvgIpc) is 2.59. The fourth-order valence-corrected chi connectivity index (χ4v) is 6.48. The zero-order valence-electron chi connectivity index (χ0n) is 14.7. The minimum Gasteiger partial charge on any atom is -0.393 e. The van der Waals surface area contributed by atoms with Crippen LogP contribution in [0.2, 0.25) is 19.1 Å². The molecule has 0 saturated carbocycles. The molecule has 0 unspecified atom stereocenters. The molecule has 3 heteroatoms. The summed E-state index contributed by atoms with van der Waals surface area (Å²) >= 11 is 0. The number of rotatable bonds is 5. The quantitative estimate of drug-likeness (QED) is 0.843. The van der Waals surface area contributed by atoms with Crippen LogP contribution >= 0.6 is 0 Å². The van der Waals surface area contributed by atoms with Gasteiger partial charge in [-0.05, 0) is 24.4 Å². The maximum atomic E-state index is 10.6. The molecule has 1 N–H and O–H groups in total. The maximum absolute atomic E-state index is 10.6. The Balaban J connectivity index is 1.57. The van der Waals surface area contributed by atoms with E-state index < -0.39 is 8.07 Å². The molecule has 1 aliphatic heterocycles. The van der Waals surface area contributed by atoms with Crippen LogP contribution in [0.4, 0.5) is 0 Å². The molecule has 2 aromatic rings. The van der Waals surface area contributed by atoms with Crippen molar-refractivity contribution in [3.05, 3.63) is 66.2 Å². The van der Waals surface area contributed by atoms with E-state index in [2.05, 4.69) is 67.7 Å². The molecule has 3 rings (SSSR count). The molecule has 1 aliphatic rings. The van der Waals surface area contributed by atoms with Gasteiger partial charge in [0.25, 0.3) is 0 Å². The van der Waals surface area contributed by atoms with Gasteiger partial charge in [-0.3, -0.25) is 0 Å². The van der Waals surface area contributed by atoms with E-state index >= 15 is 0 Å². The Labute approximate surface area is 146 Å². The van der Waals surface area contributed by atoms with Crippen LogP contribution < -0.4 is 5.19 Å². The standard InChI is InChI=1S/C21H28O2Si/c1-24(2,20-11-7-4-8-12-20)16-19-14-21(22)18(15-23-19)13-17-9-5-3-6-10-17/h3-12,18-19,21-22H,13-16H2,1-2H3/t18-,19-,21-/m0/s1. The number of aliphatic hydroxyl groups excluding tert-OH is 1. The lowest BCUT2D eigenvalue weighted by molar-refractivity contribution is -0.0754. The fraction of sp³-hybridized carbons (Fsp3) is 0.429. The van der Waals surface area contributed by atoms with E-state index in [-0.39, 0.29) is 18.1 Å². The van der Waals surface area contributed by atoms with E-state index in [4.69, 9.17) is 4.74 Å². The van der Waals surface area contributed by atoms with Gasteiger partial charge in [-0.2, -0.15) is 0 Å². The Bertz CT molecular complexity index is 627. The van der Waals surface area contributed by atoms with Crippen molar-refractivity contribution >= 4 is 13.3 Å². The predicted octanol–water partition coefficient (Wildman–Crippen LogP) is 3.61. The van der Waals surface area contributed by atoms with Crippen LogP contribution in [0.1, 0.15) is 12.0 Å². The number of hydrogen-bond donors (Lipinski definition) is 1. The summed E-state index contributed by atoms with van der Waals surface area (Å²) in [6.07, 6.45) is 1.59. The Morgan fingerprint density at radius 1 is 1.00 bits per heavy atom. The molecule has 24 heavy (non-hydrogen) atoms. The molecule has 0 spiro atoms. The Morgan fingerprint density at radius 3 is 2.25 bits per heavy atom. The second-order valence-corrected chi connectivity index (χ2v) is 12.4. The number of ether oxygens (including phenoxy) is 1. The summed E-state index contributed by atoms with van der Waals surface area (Å²) < 4.78 is 6.17. The van der Waals surface area contributed by atoms with Gasteiger partial charge in [0.2, 0.25) is 0 Å². The van der Waals surface area contributed by atoms with Gasteiger partial charge in [-0.25, -0.2) is 0 Å². The van der Waals surface area contributed by atoms with Crippen molar-refractivity contribution in [3.8, 4) is 0 Å². The highest BCUT2D eigenvalue weighted by Crippen LogP contribution is 2.28. The van der Waals surface area contributed by atoms with Gasteiger partial charge in [0.1, 0.15) is 0 Å². The zero-order valence-corrected chi connectivity index (χ0v) is 15.7. The summed E-state index contributed by atoms with van der Waals surface area (Å²) in [4.78, 5) is 0. The summed E-state index contributed by atoms with van der Waals surface area (Å²) in [5.41, 5.74) is 1.28. The second kappa shape index (κ2) is 7.64. The highest BCUT2D eigenvalue weighted by atomic mass is 28.3. The lowest BCUT2D eigenvalue weighted by atomic mass is 9.89. The van der Waals surface area contributed by atoms with Crippen LogP contribution in [-0.2, 0) is 11.2 Å². The summed E-state index contributed by atoms with van der Waals surface area (Å²) in [5.74, 6) is 0.213. The van der Waals surface area contributed by atoms with E-state index in [1.807, 2.05) is 6.07 Å². The van der Waals surface area contributed by atoms with Crippen LogP contribution in [0, 0.1) is 5.92 Å². The molecule has 1 heterocycles. The molecule has 0 radical (unpaired) electrons. The van der Waals surface area contributed by atoms with Crippen LogP contribution in [0.25, 0.3) is 0 Å². The molecule has 3 atom stereocenters. The summed E-state index contributed by atoms with van der Waals surface area (Å²) in [7, 11) is -1.53. The van der Waals surface area contributed by atoms with E-state index in [9.17, 15) is 5.11 Å². The van der Waals surface area contributed by atoms with Gasteiger partial charge in [0.05, 0.1) is 26.9 Å². The first kappa shape index (κ1) is 17.4. The topological polar surface area (TPSA) is 29.5 Å². The first-order valence-electron chi connectivity index (χ1n) is 8.94. The van der Waals surface area contributed by atoms with Crippen molar-refractivity contribution in [1.29, 1.82) is 0 Å². The average molecular weight is 341 g/mol. The Hall–Kier alpha value is -1.42. The molecule has 2 aromatic carbocycles. The van der Waals surface area contributed by atoms with Crippen molar-refractivity contribution in [2.24, 2.45) is 5.92 Å². The van der Waals surface area contributed by atoms with Crippen molar-refractivity contribution in [2.75, 3.05) is 6.61 Å². The molecule has 0 aromatic heterocycles. The van der Waals surface area contributed by atoms with Crippen molar-refractivity contribution in [1.82, 2.24) is 0 Å². The smallest absolute Gasteiger partial charge is 0.0831 e. The van der Waals surface area contributed by atoms with Crippen LogP contribution in [0.3, 0.4) is 0 Å². The Morgan fingerprint density at radius 2 is 1.62 bits per heavy atom. The third-order valence-corrected chi connectivity index (χ3v) is 8.60. The monoisotopic (exact) mass is 340 g/mol. The predicted molar refractivity (Wildman–Crippen MR) is 102 cm³/mol. The van der Waals surface area contributed by atoms with Crippen molar-refractivity contribution in [3.63, 3.8) is 0 Å². The number of benzene rings is 2. The van der Waals surface area contributed by atoms with Gasteiger partial charge in [0, 0.05) is 5.92 Å². The van der Waals surface area contributed by atoms with Gasteiger partial charge < -0.3 is 9.84 Å². The second-order valence-electron chi connectivity index (χ2n) is 7.66. The largest absolute Gasteiger partial charge is 0.393 e. The third-order valence-electron chi connectivity index (χ3n) is 5.23. The van der Waals surface area contributed by atoms with Gasteiger partial charge in [-0.15, -0.1) is 0 Å². The van der Waals surface area contributed by atoms with E-state index in [0.29, 0.717) is 6.61 Å². The van der Waals surface area contributed by atoms with Gasteiger partial charge in [0.15, 0.2) is 0 Å². The SMILES string of the molecule is C[Si](C)(C[C@@H]1C[C@H](O)[C@@H](Cc2ccccc2)CO1)c1ccccc1.